The normalized spacial score (nSPS) is 10.4. The molecule has 3 rings (SSSR count). The first-order chi connectivity index (χ1) is 14.0. The molecule has 0 heterocycles. The predicted molar refractivity (Wildman–Crippen MR) is 119 cm³/mol. The molecule has 7 heteroatoms. The van der Waals surface area contributed by atoms with E-state index in [1.54, 1.807) is 48.5 Å². The zero-order valence-corrected chi connectivity index (χ0v) is 17.0. The molecule has 148 valence electrons. The summed E-state index contributed by atoms with van der Waals surface area (Å²) < 4.78 is 0. The summed E-state index contributed by atoms with van der Waals surface area (Å²) in [6, 6.07) is 20.6. The highest BCUT2D eigenvalue weighted by atomic mass is 35.5. The minimum Gasteiger partial charge on any atom is -0.508 e. The van der Waals surface area contributed by atoms with Crippen molar-refractivity contribution in [1.29, 1.82) is 0 Å². The second-order valence-electron chi connectivity index (χ2n) is 6.25. The topological polar surface area (TPSA) is 78.4 Å². The lowest BCUT2D eigenvalue weighted by atomic mass is 10.1. The summed E-state index contributed by atoms with van der Waals surface area (Å²) in [5.74, 6) is 0.733. The Balaban J connectivity index is 1.45. The van der Waals surface area contributed by atoms with E-state index in [2.05, 4.69) is 10.6 Å². The molecule has 5 nitrogen and oxygen atoms in total. The number of phenolic OH excluding ortho intramolecular Hbond substituents is 1. The zero-order chi connectivity index (χ0) is 20.6. The van der Waals surface area contributed by atoms with Crippen molar-refractivity contribution in [2.75, 3.05) is 16.4 Å². The van der Waals surface area contributed by atoms with Gasteiger partial charge in [0, 0.05) is 33.8 Å². The molecule has 0 saturated heterocycles. The van der Waals surface area contributed by atoms with Gasteiger partial charge in [-0.15, -0.1) is 11.8 Å². The number of benzene rings is 3. The van der Waals surface area contributed by atoms with Gasteiger partial charge in [0.1, 0.15) is 5.75 Å². The SMILES string of the molecule is O=C(CSCc1ccc(C(=O)Nc2cccc(O)c2)cc1)Nc1ccc(Cl)cc1. The molecule has 3 aromatic carbocycles. The number of thioether (sulfide) groups is 1. The van der Waals surface area contributed by atoms with Gasteiger partial charge in [-0.25, -0.2) is 0 Å². The van der Waals surface area contributed by atoms with Crippen molar-refractivity contribution in [3.8, 4) is 5.75 Å². The van der Waals surface area contributed by atoms with Crippen molar-refractivity contribution in [3.63, 3.8) is 0 Å². The van der Waals surface area contributed by atoms with E-state index in [-0.39, 0.29) is 17.6 Å². The maximum Gasteiger partial charge on any atom is 0.255 e. The lowest BCUT2D eigenvalue weighted by Crippen LogP contribution is -2.14. The van der Waals surface area contributed by atoms with Crippen molar-refractivity contribution in [2.45, 2.75) is 5.75 Å². The fourth-order valence-corrected chi connectivity index (χ4v) is 3.44. The number of nitrogens with one attached hydrogen (secondary N) is 2. The molecule has 3 aromatic rings. The van der Waals surface area contributed by atoms with Crippen molar-refractivity contribution >= 4 is 46.6 Å². The summed E-state index contributed by atoms with van der Waals surface area (Å²) >= 11 is 7.31. The fourth-order valence-electron chi connectivity index (χ4n) is 2.53. The van der Waals surface area contributed by atoms with E-state index in [0.29, 0.717) is 33.5 Å². The quantitative estimate of drug-likeness (QED) is 0.487. The Labute approximate surface area is 178 Å². The van der Waals surface area contributed by atoms with Crippen molar-refractivity contribution in [3.05, 3.63) is 88.9 Å². The summed E-state index contributed by atoms with van der Waals surface area (Å²) in [4.78, 5) is 24.3. The van der Waals surface area contributed by atoms with Crippen LogP contribution in [0.5, 0.6) is 5.75 Å². The molecule has 0 bridgehead atoms. The standard InChI is InChI=1S/C22H19ClN2O3S/c23-17-8-10-18(11-9-17)24-21(27)14-29-13-15-4-6-16(7-5-15)22(28)25-19-2-1-3-20(26)12-19/h1-12,26H,13-14H2,(H,24,27)(H,25,28). The van der Waals surface area contributed by atoms with Crippen LogP contribution in [-0.2, 0) is 10.5 Å². The average molecular weight is 427 g/mol. The lowest BCUT2D eigenvalue weighted by molar-refractivity contribution is -0.113. The van der Waals surface area contributed by atoms with Gasteiger partial charge in [0.2, 0.25) is 5.91 Å². The minimum atomic E-state index is -0.253. The van der Waals surface area contributed by atoms with E-state index < -0.39 is 0 Å². The lowest BCUT2D eigenvalue weighted by Gasteiger charge is -2.07. The summed E-state index contributed by atoms with van der Waals surface area (Å²) in [6.07, 6.45) is 0. The van der Waals surface area contributed by atoms with E-state index in [4.69, 9.17) is 11.6 Å². The minimum absolute atomic E-state index is 0.0839. The fraction of sp³-hybridized carbons (Fsp3) is 0.0909. The molecule has 3 N–H and O–H groups in total. The Morgan fingerprint density at radius 3 is 2.31 bits per heavy atom. The van der Waals surface area contributed by atoms with Crippen LogP contribution in [-0.4, -0.2) is 22.7 Å². The highest BCUT2D eigenvalue weighted by Gasteiger charge is 2.07. The number of carbonyl (C=O) groups is 2. The van der Waals surface area contributed by atoms with Gasteiger partial charge in [-0.1, -0.05) is 29.8 Å². The first-order valence-electron chi connectivity index (χ1n) is 8.82. The van der Waals surface area contributed by atoms with E-state index in [1.165, 1.54) is 23.9 Å². The number of anilines is 2. The summed E-state index contributed by atoms with van der Waals surface area (Å²) in [6.45, 7) is 0. The maximum absolute atomic E-state index is 12.3. The molecule has 0 saturated carbocycles. The monoisotopic (exact) mass is 426 g/mol. The number of rotatable bonds is 7. The Kier molecular flexibility index (Phi) is 7.16. The molecule has 0 aliphatic carbocycles. The van der Waals surface area contributed by atoms with Gasteiger partial charge in [-0.2, -0.15) is 0 Å². The number of hydrogen-bond acceptors (Lipinski definition) is 4. The van der Waals surface area contributed by atoms with Crippen LogP contribution < -0.4 is 10.6 Å². The second-order valence-corrected chi connectivity index (χ2v) is 7.67. The summed E-state index contributed by atoms with van der Waals surface area (Å²) in [5.41, 5.74) is 2.77. The Bertz CT molecular complexity index is 992. The van der Waals surface area contributed by atoms with E-state index in [0.717, 1.165) is 5.56 Å². The van der Waals surface area contributed by atoms with Crippen LogP contribution in [0.1, 0.15) is 15.9 Å². The molecule has 0 fully saturated rings. The van der Waals surface area contributed by atoms with Gasteiger partial charge in [-0.05, 0) is 54.1 Å². The molecule has 0 aliphatic heterocycles. The number of aromatic hydroxyl groups is 1. The average Bonchev–Trinajstić information content (AvgIpc) is 2.70. The maximum atomic E-state index is 12.3. The molecular weight excluding hydrogens is 408 g/mol. The van der Waals surface area contributed by atoms with Gasteiger partial charge in [0.05, 0.1) is 5.75 Å². The predicted octanol–water partition coefficient (Wildman–Crippen LogP) is 5.17. The third-order valence-electron chi connectivity index (χ3n) is 3.95. The number of phenols is 1. The van der Waals surface area contributed by atoms with Crippen LogP contribution in [0.2, 0.25) is 5.02 Å². The first kappa shape index (κ1) is 20.8. The first-order valence-corrected chi connectivity index (χ1v) is 10.4. The molecule has 2 amide bonds. The van der Waals surface area contributed by atoms with E-state index in [1.807, 2.05) is 12.1 Å². The number of hydrogen-bond donors (Lipinski definition) is 3. The van der Waals surface area contributed by atoms with Gasteiger partial charge in [0.15, 0.2) is 0 Å². The van der Waals surface area contributed by atoms with Crippen LogP contribution in [0, 0.1) is 0 Å². The van der Waals surface area contributed by atoms with Crippen molar-refractivity contribution < 1.29 is 14.7 Å². The molecule has 0 radical (unpaired) electrons. The van der Waals surface area contributed by atoms with Gasteiger partial charge < -0.3 is 15.7 Å². The summed E-state index contributed by atoms with van der Waals surface area (Å²) in [5, 5.41) is 15.6. The van der Waals surface area contributed by atoms with Crippen LogP contribution in [0.25, 0.3) is 0 Å². The van der Waals surface area contributed by atoms with Gasteiger partial charge >= 0.3 is 0 Å². The van der Waals surface area contributed by atoms with Crippen LogP contribution in [0.15, 0.2) is 72.8 Å². The van der Waals surface area contributed by atoms with Crippen LogP contribution in [0.3, 0.4) is 0 Å². The molecule has 29 heavy (non-hydrogen) atoms. The molecule has 0 aromatic heterocycles. The van der Waals surface area contributed by atoms with Crippen LogP contribution >= 0.6 is 23.4 Å². The number of amides is 2. The van der Waals surface area contributed by atoms with Crippen LogP contribution in [0.4, 0.5) is 11.4 Å². The van der Waals surface area contributed by atoms with E-state index >= 15 is 0 Å². The third kappa shape index (κ3) is 6.55. The third-order valence-corrected chi connectivity index (χ3v) is 5.21. The largest absolute Gasteiger partial charge is 0.508 e. The molecule has 0 aliphatic rings. The smallest absolute Gasteiger partial charge is 0.255 e. The second kappa shape index (κ2) is 10.0. The Hall–Kier alpha value is -2.96. The zero-order valence-electron chi connectivity index (χ0n) is 15.4. The molecular formula is C22H19ClN2O3S. The van der Waals surface area contributed by atoms with E-state index in [9.17, 15) is 14.7 Å². The van der Waals surface area contributed by atoms with Gasteiger partial charge in [0.25, 0.3) is 5.91 Å². The highest BCUT2D eigenvalue weighted by Crippen LogP contribution is 2.18. The Morgan fingerprint density at radius 2 is 1.62 bits per heavy atom. The molecule has 0 atom stereocenters. The van der Waals surface area contributed by atoms with Crippen molar-refractivity contribution in [1.82, 2.24) is 0 Å². The van der Waals surface area contributed by atoms with Gasteiger partial charge in [-0.3, -0.25) is 9.59 Å². The number of carbonyl (C=O) groups excluding carboxylic acids is 2. The van der Waals surface area contributed by atoms with Crippen molar-refractivity contribution in [2.24, 2.45) is 0 Å². The Morgan fingerprint density at radius 1 is 0.897 bits per heavy atom. The molecule has 0 unspecified atom stereocenters. The number of halogens is 1. The highest BCUT2D eigenvalue weighted by molar-refractivity contribution is 7.99. The summed E-state index contributed by atoms with van der Waals surface area (Å²) in [7, 11) is 0. The molecule has 0 spiro atoms.